The molecular formula is C49H21BF20NO2P. The van der Waals surface area contributed by atoms with E-state index in [1.165, 1.54) is 15.9 Å². The van der Waals surface area contributed by atoms with Crippen molar-refractivity contribution in [2.24, 2.45) is 0 Å². The molecule has 0 fully saturated rings. The second-order valence-corrected chi connectivity index (χ2v) is 19.2. The highest BCUT2D eigenvalue weighted by molar-refractivity contribution is 7.95. The normalized spacial score (nSPS) is 11.7. The van der Waals surface area contributed by atoms with Crippen LogP contribution >= 0.6 is 7.26 Å². The number of hydrogen-bond donors (Lipinski definition) is 0. The molecule has 0 aromatic heterocycles. The molecule has 8 rings (SSSR count). The molecule has 382 valence electrons. The van der Waals surface area contributed by atoms with Gasteiger partial charge >= 0.3 is 0 Å². The first-order chi connectivity index (χ1) is 34.9. The Morgan fingerprint density at radius 1 is 0.324 bits per heavy atom. The highest BCUT2D eigenvalue weighted by atomic mass is 31.2. The Labute approximate surface area is 402 Å². The van der Waals surface area contributed by atoms with Crippen molar-refractivity contribution in [3.8, 4) is 0 Å². The van der Waals surface area contributed by atoms with Crippen molar-refractivity contribution in [2.75, 3.05) is 0 Å². The van der Waals surface area contributed by atoms with Gasteiger partial charge in [0.1, 0.15) is 75.9 Å². The average molecular weight is 1080 g/mol. The van der Waals surface area contributed by atoms with Crippen molar-refractivity contribution in [2.45, 2.75) is 6.16 Å². The first kappa shape index (κ1) is 54.0. The second kappa shape index (κ2) is 20.6. The summed E-state index contributed by atoms with van der Waals surface area (Å²) in [6.45, 7) is 0. The van der Waals surface area contributed by atoms with Crippen molar-refractivity contribution in [3.63, 3.8) is 0 Å². The van der Waals surface area contributed by atoms with Crippen LogP contribution in [0.1, 0.15) is 5.56 Å². The first-order valence-corrected chi connectivity index (χ1v) is 22.4. The van der Waals surface area contributed by atoms with Crippen LogP contribution in [0.5, 0.6) is 0 Å². The summed E-state index contributed by atoms with van der Waals surface area (Å²) in [5.41, 5.74) is -13.2. The molecule has 0 spiro atoms. The molecular weight excluding hydrogens is 1060 g/mol. The van der Waals surface area contributed by atoms with Crippen LogP contribution in [0.15, 0.2) is 115 Å². The van der Waals surface area contributed by atoms with Crippen LogP contribution in [-0.2, 0) is 6.16 Å². The summed E-state index contributed by atoms with van der Waals surface area (Å²) >= 11 is 0. The fourth-order valence-electron chi connectivity index (χ4n) is 8.68. The van der Waals surface area contributed by atoms with Gasteiger partial charge in [-0.05, 0) is 42.0 Å². The highest BCUT2D eigenvalue weighted by Crippen LogP contribution is 2.58. The van der Waals surface area contributed by atoms with Crippen molar-refractivity contribution in [1.29, 1.82) is 0 Å². The van der Waals surface area contributed by atoms with E-state index >= 15 is 35.1 Å². The van der Waals surface area contributed by atoms with E-state index in [2.05, 4.69) is 72.8 Å². The second-order valence-electron chi connectivity index (χ2n) is 15.7. The van der Waals surface area contributed by atoms with Crippen LogP contribution in [0.4, 0.5) is 93.5 Å². The Morgan fingerprint density at radius 2 is 0.554 bits per heavy atom. The molecule has 0 bridgehead atoms. The quantitative estimate of drug-likeness (QED) is 0.0261. The van der Waals surface area contributed by atoms with Gasteiger partial charge in [-0.1, -0.05) is 66.7 Å². The van der Waals surface area contributed by atoms with Gasteiger partial charge in [0, 0.05) is 12.1 Å². The van der Waals surface area contributed by atoms with Gasteiger partial charge in [0.15, 0.2) is 69.8 Å². The Balaban J connectivity index is 0.000000237. The molecule has 0 saturated carbocycles. The van der Waals surface area contributed by atoms with Crippen LogP contribution < -0.4 is 37.8 Å². The van der Waals surface area contributed by atoms with E-state index < -0.39 is 152 Å². The molecule has 0 aliphatic carbocycles. The zero-order chi connectivity index (χ0) is 54.5. The Kier molecular flexibility index (Phi) is 15.1. The van der Waals surface area contributed by atoms with Gasteiger partial charge in [-0.15, -0.1) is 21.9 Å². The third-order valence-corrected chi connectivity index (χ3v) is 16.2. The maximum atomic E-state index is 15.4. The summed E-state index contributed by atoms with van der Waals surface area (Å²) in [6.07, 6.45) is -6.49. The monoisotopic (exact) mass is 1080 g/mol. The van der Waals surface area contributed by atoms with E-state index in [0.29, 0.717) is 0 Å². The van der Waals surface area contributed by atoms with E-state index in [-0.39, 0.29) is 10.6 Å². The van der Waals surface area contributed by atoms with Crippen LogP contribution in [0.3, 0.4) is 0 Å². The van der Waals surface area contributed by atoms with Gasteiger partial charge in [0.2, 0.25) is 0 Å². The maximum absolute atomic E-state index is 15.4. The largest absolute Gasteiger partial charge is 0.269 e. The lowest BCUT2D eigenvalue weighted by atomic mass is 9.12. The predicted molar refractivity (Wildman–Crippen MR) is 231 cm³/mol. The van der Waals surface area contributed by atoms with E-state index in [0.717, 1.165) is 11.7 Å². The van der Waals surface area contributed by atoms with Crippen LogP contribution in [0, 0.1) is 126 Å². The molecule has 0 N–H and O–H groups in total. The molecule has 0 atom stereocenters. The van der Waals surface area contributed by atoms with Gasteiger partial charge in [-0.2, -0.15) is 0 Å². The van der Waals surface area contributed by atoms with Crippen molar-refractivity contribution >= 4 is 56.9 Å². The van der Waals surface area contributed by atoms with E-state index in [1.54, 1.807) is 18.2 Å². The molecule has 0 radical (unpaired) electrons. The molecule has 3 nitrogen and oxygen atoms in total. The fourth-order valence-corrected chi connectivity index (χ4v) is 12.9. The van der Waals surface area contributed by atoms with Gasteiger partial charge in [0.25, 0.3) is 5.69 Å². The average Bonchev–Trinajstić information content (AvgIpc) is 3.41. The minimum atomic E-state index is -7.22. The summed E-state index contributed by atoms with van der Waals surface area (Å²) in [5, 5.41) is 15.1. The van der Waals surface area contributed by atoms with Crippen molar-refractivity contribution < 1.29 is 92.7 Å². The lowest BCUT2D eigenvalue weighted by Crippen LogP contribution is -2.81. The summed E-state index contributed by atoms with van der Waals surface area (Å²) in [7, 11) is -2.05. The van der Waals surface area contributed by atoms with Gasteiger partial charge < -0.3 is 0 Å². The highest BCUT2D eigenvalue weighted by Gasteiger charge is 2.52. The van der Waals surface area contributed by atoms with Gasteiger partial charge in [-0.3, -0.25) is 10.1 Å². The minimum Gasteiger partial charge on any atom is -0.258 e. The molecule has 0 aliphatic heterocycles. The van der Waals surface area contributed by atoms with E-state index in [4.69, 9.17) is 0 Å². The smallest absolute Gasteiger partial charge is 0.258 e. The lowest BCUT2D eigenvalue weighted by molar-refractivity contribution is -0.384. The third kappa shape index (κ3) is 8.56. The lowest BCUT2D eigenvalue weighted by Gasteiger charge is -2.44. The number of benzene rings is 8. The van der Waals surface area contributed by atoms with Gasteiger partial charge in [-0.25, -0.2) is 87.8 Å². The molecule has 25 heteroatoms. The van der Waals surface area contributed by atoms with E-state index in [1.807, 2.05) is 24.3 Å². The number of nitro groups is 1. The molecule has 0 aliphatic rings. The predicted octanol–water partition coefficient (Wildman–Crippen LogP) is 10.9. The van der Waals surface area contributed by atoms with Crippen LogP contribution in [-0.4, -0.2) is 11.1 Å². The molecule has 8 aromatic rings. The first-order valence-electron chi connectivity index (χ1n) is 20.4. The Bertz CT molecular complexity index is 3040. The van der Waals surface area contributed by atoms with Gasteiger partial charge in [0.05, 0.1) is 11.1 Å². The molecule has 0 unspecified atom stereocenters. The molecule has 8 aromatic carbocycles. The molecule has 0 amide bonds. The maximum Gasteiger partial charge on any atom is 0.269 e. The number of nitrogens with zero attached hydrogens (tertiary/aromatic N) is 1. The molecule has 0 heterocycles. The topological polar surface area (TPSA) is 43.1 Å². The number of non-ortho nitro benzene ring substituents is 1. The summed E-state index contributed by atoms with van der Waals surface area (Å²) < 4.78 is 294. The number of halogens is 20. The van der Waals surface area contributed by atoms with Crippen molar-refractivity contribution in [3.05, 3.63) is 247 Å². The van der Waals surface area contributed by atoms with Crippen LogP contribution in [0.25, 0.3) is 0 Å². The number of rotatable bonds is 10. The third-order valence-electron chi connectivity index (χ3n) is 11.8. The number of hydrogen-bond acceptors (Lipinski definition) is 2. The van der Waals surface area contributed by atoms with Crippen LogP contribution in [0.2, 0.25) is 0 Å². The summed E-state index contributed by atoms with van der Waals surface area (Å²) in [4.78, 5) is 11.0. The SMILES string of the molecule is Fc1c(F)c(F)c([B-](c2c(F)c(F)c(F)c(F)c2F)(c2c(F)c(F)c(F)c(F)c2F)c2c(F)c(F)c(F)c(F)c2F)c(F)c1F.O=[N+]([O-])c1cccc(C[P+](c2ccccc2)(c2ccccc2)c2ccccc2)c1. The molecule has 74 heavy (non-hydrogen) atoms. The zero-order valence-corrected chi connectivity index (χ0v) is 36.9. The molecule has 0 saturated heterocycles. The van der Waals surface area contributed by atoms with Crippen molar-refractivity contribution in [1.82, 2.24) is 0 Å². The Morgan fingerprint density at radius 3 is 0.784 bits per heavy atom. The minimum absolute atomic E-state index is 0.134. The fraction of sp³-hybridized carbons (Fsp3) is 0.0204. The van der Waals surface area contributed by atoms with E-state index in [9.17, 15) is 62.8 Å². The zero-order valence-electron chi connectivity index (χ0n) is 36.0. The number of nitro benzene ring substituents is 1. The Hall–Kier alpha value is -7.75. The summed E-state index contributed by atoms with van der Waals surface area (Å²) in [5.74, 6) is -71.4. The summed E-state index contributed by atoms with van der Waals surface area (Å²) in [6, 6.07) is 38.7. The standard InChI is InChI=1S/C25H21NO2P.C24BF20/c27-26(28)22-12-10-11-21(19-22)20-29(23-13-4-1-5-14-23,24-15-6-2-7-16-24)25-17-8-3-9-18-25;26-5-1(6(27)14(35)21(42)13(5)34)25(2-7(28)15(36)22(43)16(37)8(2)29,3-9(30)17(38)23(44)18(39)10(3)31)4-11(32)19(40)24(45)20(41)12(4)33/h1-19H,20H2;/q+1;-1.